The second-order valence-corrected chi connectivity index (χ2v) is 5.18. The predicted molar refractivity (Wildman–Crippen MR) is 90.6 cm³/mol. The maximum atomic E-state index is 12.3. The molecule has 0 saturated heterocycles. The van der Waals surface area contributed by atoms with E-state index in [4.69, 9.17) is 0 Å². The fourth-order valence-electron chi connectivity index (χ4n) is 1.98. The fraction of sp³-hybridized carbons (Fsp3) is 0.167. The number of benzene rings is 1. The zero-order valence-corrected chi connectivity index (χ0v) is 13.2. The van der Waals surface area contributed by atoms with Crippen LogP contribution in [0.15, 0.2) is 49.2 Å². The summed E-state index contributed by atoms with van der Waals surface area (Å²) < 4.78 is 0. The van der Waals surface area contributed by atoms with E-state index in [0.717, 1.165) is 11.1 Å². The Morgan fingerprint density at radius 2 is 1.91 bits per heavy atom. The van der Waals surface area contributed by atoms with Gasteiger partial charge < -0.3 is 10.6 Å². The van der Waals surface area contributed by atoms with E-state index in [1.165, 1.54) is 12.3 Å². The number of rotatable bonds is 5. The van der Waals surface area contributed by atoms with Gasteiger partial charge in [0, 0.05) is 24.0 Å². The van der Waals surface area contributed by atoms with Gasteiger partial charge in [0.2, 0.25) is 0 Å². The second-order valence-electron chi connectivity index (χ2n) is 5.18. The number of aryl methyl sites for hydroxylation is 2. The van der Waals surface area contributed by atoms with Gasteiger partial charge in [0.15, 0.2) is 0 Å². The number of anilines is 1. The Balaban J connectivity index is 2.14. The van der Waals surface area contributed by atoms with Crippen LogP contribution in [-0.2, 0) is 0 Å². The normalized spacial score (nSPS) is 10.0. The lowest BCUT2D eigenvalue weighted by molar-refractivity contribution is 0.0958. The van der Waals surface area contributed by atoms with E-state index in [0.29, 0.717) is 17.8 Å². The highest BCUT2D eigenvalue weighted by Crippen LogP contribution is 2.15. The van der Waals surface area contributed by atoms with Crippen molar-refractivity contribution in [2.75, 3.05) is 11.9 Å². The first-order valence-electron chi connectivity index (χ1n) is 7.25. The van der Waals surface area contributed by atoms with Crippen molar-refractivity contribution in [1.82, 2.24) is 10.3 Å². The zero-order chi connectivity index (χ0) is 16.8. The van der Waals surface area contributed by atoms with Crippen molar-refractivity contribution in [2.24, 2.45) is 0 Å². The van der Waals surface area contributed by atoms with Crippen LogP contribution in [0.1, 0.15) is 32.0 Å². The monoisotopic (exact) mass is 309 g/mol. The van der Waals surface area contributed by atoms with Gasteiger partial charge in [-0.15, -0.1) is 6.58 Å². The van der Waals surface area contributed by atoms with Crippen molar-refractivity contribution in [2.45, 2.75) is 13.8 Å². The van der Waals surface area contributed by atoms with Crippen LogP contribution in [0.5, 0.6) is 0 Å². The Morgan fingerprint density at radius 1 is 1.13 bits per heavy atom. The van der Waals surface area contributed by atoms with Gasteiger partial charge in [-0.3, -0.25) is 14.6 Å². The smallest absolute Gasteiger partial charge is 0.274 e. The van der Waals surface area contributed by atoms with E-state index < -0.39 is 0 Å². The number of carbonyl (C=O) groups excluding carboxylic acids is 2. The number of hydrogen-bond donors (Lipinski definition) is 2. The standard InChI is InChI=1S/C18H19N3O2/c1-4-8-20-17(22)14-7-9-19-16(11-14)18(23)21-15-6-5-12(2)13(3)10-15/h4-7,9-11H,1,8H2,2-3H3,(H,20,22)(H,21,23). The van der Waals surface area contributed by atoms with Gasteiger partial charge in [0.25, 0.3) is 11.8 Å². The summed E-state index contributed by atoms with van der Waals surface area (Å²) in [5.41, 5.74) is 3.51. The summed E-state index contributed by atoms with van der Waals surface area (Å²) in [7, 11) is 0. The number of carbonyl (C=O) groups is 2. The number of nitrogens with one attached hydrogen (secondary N) is 2. The molecule has 5 nitrogen and oxygen atoms in total. The van der Waals surface area contributed by atoms with Gasteiger partial charge in [-0.25, -0.2) is 0 Å². The van der Waals surface area contributed by atoms with E-state index in [-0.39, 0.29) is 17.5 Å². The molecule has 5 heteroatoms. The molecule has 0 fully saturated rings. The van der Waals surface area contributed by atoms with E-state index in [9.17, 15) is 9.59 Å². The lowest BCUT2D eigenvalue weighted by Crippen LogP contribution is -2.24. The molecular weight excluding hydrogens is 290 g/mol. The first kappa shape index (κ1) is 16.4. The van der Waals surface area contributed by atoms with Crippen LogP contribution >= 0.6 is 0 Å². The fourth-order valence-corrected chi connectivity index (χ4v) is 1.98. The molecule has 0 atom stereocenters. The first-order chi connectivity index (χ1) is 11.0. The molecule has 23 heavy (non-hydrogen) atoms. The average molecular weight is 309 g/mol. The molecule has 1 aromatic carbocycles. The molecule has 0 spiro atoms. The molecule has 118 valence electrons. The van der Waals surface area contributed by atoms with Gasteiger partial charge >= 0.3 is 0 Å². The SMILES string of the molecule is C=CCNC(=O)c1ccnc(C(=O)Nc2ccc(C)c(C)c2)c1. The predicted octanol–water partition coefficient (Wildman–Crippen LogP) is 2.87. The summed E-state index contributed by atoms with van der Waals surface area (Å²) >= 11 is 0. The van der Waals surface area contributed by atoms with Crippen LogP contribution in [0.3, 0.4) is 0 Å². The number of amides is 2. The largest absolute Gasteiger partial charge is 0.349 e. The molecule has 1 aromatic heterocycles. The number of pyridine rings is 1. The third-order valence-corrected chi connectivity index (χ3v) is 3.43. The molecule has 2 amide bonds. The molecule has 2 rings (SSSR count). The van der Waals surface area contributed by atoms with Crippen LogP contribution in [0.25, 0.3) is 0 Å². The van der Waals surface area contributed by atoms with Gasteiger partial charge in [-0.1, -0.05) is 12.1 Å². The van der Waals surface area contributed by atoms with E-state index >= 15 is 0 Å². The highest BCUT2D eigenvalue weighted by atomic mass is 16.2. The Hall–Kier alpha value is -2.95. The van der Waals surface area contributed by atoms with Crippen molar-refractivity contribution in [3.63, 3.8) is 0 Å². The molecule has 2 aromatic rings. The molecule has 0 aliphatic rings. The van der Waals surface area contributed by atoms with E-state index in [2.05, 4.69) is 22.2 Å². The van der Waals surface area contributed by atoms with Gasteiger partial charge in [-0.05, 0) is 49.2 Å². The van der Waals surface area contributed by atoms with E-state index in [1.807, 2.05) is 32.0 Å². The minimum atomic E-state index is -0.355. The Bertz CT molecular complexity index is 754. The summed E-state index contributed by atoms with van der Waals surface area (Å²) in [4.78, 5) is 28.2. The lowest BCUT2D eigenvalue weighted by atomic mass is 10.1. The molecule has 0 aliphatic heterocycles. The quantitative estimate of drug-likeness (QED) is 0.834. The molecular formula is C18H19N3O2. The maximum absolute atomic E-state index is 12.3. The summed E-state index contributed by atoms with van der Waals surface area (Å²) in [6.45, 7) is 7.90. The van der Waals surface area contributed by atoms with Gasteiger partial charge in [0.05, 0.1) is 0 Å². The van der Waals surface area contributed by atoms with Crippen LogP contribution in [0.2, 0.25) is 0 Å². The summed E-state index contributed by atoms with van der Waals surface area (Å²) in [5.74, 6) is -0.626. The number of hydrogen-bond acceptors (Lipinski definition) is 3. The van der Waals surface area contributed by atoms with Gasteiger partial charge in [0.1, 0.15) is 5.69 Å². The third-order valence-electron chi connectivity index (χ3n) is 3.43. The van der Waals surface area contributed by atoms with Crippen LogP contribution in [0, 0.1) is 13.8 Å². The molecule has 0 unspecified atom stereocenters. The second kappa shape index (κ2) is 7.35. The van der Waals surface area contributed by atoms with Crippen molar-refractivity contribution in [3.8, 4) is 0 Å². The highest BCUT2D eigenvalue weighted by molar-refractivity contribution is 6.04. The van der Waals surface area contributed by atoms with Crippen molar-refractivity contribution in [1.29, 1.82) is 0 Å². The molecule has 0 radical (unpaired) electrons. The van der Waals surface area contributed by atoms with E-state index in [1.54, 1.807) is 12.1 Å². The summed E-state index contributed by atoms with van der Waals surface area (Å²) in [6, 6.07) is 8.70. The lowest BCUT2D eigenvalue weighted by Gasteiger charge is -2.08. The van der Waals surface area contributed by atoms with Crippen LogP contribution < -0.4 is 10.6 Å². The first-order valence-corrected chi connectivity index (χ1v) is 7.25. The number of nitrogens with zero attached hydrogens (tertiary/aromatic N) is 1. The topological polar surface area (TPSA) is 71.1 Å². The van der Waals surface area contributed by atoms with Crippen molar-refractivity contribution >= 4 is 17.5 Å². The van der Waals surface area contributed by atoms with Crippen molar-refractivity contribution in [3.05, 3.63) is 71.6 Å². The highest BCUT2D eigenvalue weighted by Gasteiger charge is 2.12. The minimum absolute atomic E-state index is 0.189. The summed E-state index contributed by atoms with van der Waals surface area (Å²) in [6.07, 6.45) is 3.03. The molecule has 1 heterocycles. The third kappa shape index (κ3) is 4.26. The molecule has 0 saturated carbocycles. The maximum Gasteiger partial charge on any atom is 0.274 e. The summed E-state index contributed by atoms with van der Waals surface area (Å²) in [5, 5.41) is 5.45. The van der Waals surface area contributed by atoms with Gasteiger partial charge in [-0.2, -0.15) is 0 Å². The zero-order valence-electron chi connectivity index (χ0n) is 13.2. The van der Waals surface area contributed by atoms with Crippen LogP contribution in [-0.4, -0.2) is 23.3 Å². The van der Waals surface area contributed by atoms with Crippen LogP contribution in [0.4, 0.5) is 5.69 Å². The Morgan fingerprint density at radius 3 is 2.61 bits per heavy atom. The average Bonchev–Trinajstić information content (AvgIpc) is 2.56. The van der Waals surface area contributed by atoms with Crippen molar-refractivity contribution < 1.29 is 9.59 Å². The number of aromatic nitrogens is 1. The molecule has 0 aliphatic carbocycles. The molecule has 2 N–H and O–H groups in total. The Labute approximate surface area is 135 Å². The molecule has 0 bridgehead atoms. The Kier molecular flexibility index (Phi) is 5.25. The minimum Gasteiger partial charge on any atom is -0.349 e.